The predicted molar refractivity (Wildman–Crippen MR) is 114 cm³/mol. The minimum Gasteiger partial charge on any atom is -0.495 e. The normalized spacial score (nSPS) is 18.3. The number of aliphatic imine (C=N–C) groups is 1. The Morgan fingerprint density at radius 3 is 2.61 bits per heavy atom. The van der Waals surface area contributed by atoms with Crippen molar-refractivity contribution in [3.05, 3.63) is 52.5 Å². The molecule has 1 unspecified atom stereocenters. The first-order chi connectivity index (χ1) is 13.4. The third-order valence-corrected chi connectivity index (χ3v) is 5.82. The van der Waals surface area contributed by atoms with E-state index in [4.69, 9.17) is 27.9 Å². The number of methoxy groups -OCH3 is 1. The van der Waals surface area contributed by atoms with E-state index in [1.165, 1.54) is 23.8 Å². The van der Waals surface area contributed by atoms with Gasteiger partial charge in [-0.1, -0.05) is 35.0 Å². The summed E-state index contributed by atoms with van der Waals surface area (Å²) < 4.78 is 5.13. The van der Waals surface area contributed by atoms with Crippen LogP contribution in [0, 0.1) is 0 Å². The fourth-order valence-electron chi connectivity index (χ4n) is 2.49. The lowest BCUT2D eigenvalue weighted by Gasteiger charge is -2.28. The van der Waals surface area contributed by atoms with Gasteiger partial charge in [-0.05, 0) is 42.5 Å². The van der Waals surface area contributed by atoms with Crippen molar-refractivity contribution in [3.63, 3.8) is 0 Å². The fraction of sp³-hybridized carbons (Fsp3) is 0.211. The van der Waals surface area contributed by atoms with Crippen molar-refractivity contribution in [2.75, 3.05) is 19.5 Å². The van der Waals surface area contributed by atoms with Gasteiger partial charge in [-0.2, -0.15) is 0 Å². The number of benzene rings is 2. The van der Waals surface area contributed by atoms with E-state index < -0.39 is 5.25 Å². The van der Waals surface area contributed by atoms with Gasteiger partial charge < -0.3 is 10.1 Å². The number of amides is 2. The number of rotatable bonds is 4. The van der Waals surface area contributed by atoms with E-state index in [-0.39, 0.29) is 18.2 Å². The summed E-state index contributed by atoms with van der Waals surface area (Å²) in [6, 6.07) is 11.8. The number of nitrogens with one attached hydrogen (secondary N) is 1. The highest BCUT2D eigenvalue weighted by Crippen LogP contribution is 2.32. The van der Waals surface area contributed by atoms with Gasteiger partial charge in [-0.3, -0.25) is 14.5 Å². The predicted octanol–water partition coefficient (Wildman–Crippen LogP) is 4.59. The summed E-state index contributed by atoms with van der Waals surface area (Å²) in [6.07, 6.45) is 0.0863. The molecule has 2 amide bonds. The highest BCUT2D eigenvalue weighted by Gasteiger charge is 2.34. The second-order valence-electron chi connectivity index (χ2n) is 5.97. The molecule has 0 saturated carbocycles. The topological polar surface area (TPSA) is 71.0 Å². The monoisotopic (exact) mass is 437 g/mol. The Hall–Kier alpha value is -2.22. The summed E-state index contributed by atoms with van der Waals surface area (Å²) in [5.41, 5.74) is 1.17. The molecule has 9 heteroatoms. The van der Waals surface area contributed by atoms with Crippen molar-refractivity contribution in [1.82, 2.24) is 4.90 Å². The number of nitrogens with zero attached hydrogens (tertiary/aromatic N) is 2. The van der Waals surface area contributed by atoms with Gasteiger partial charge in [0.15, 0.2) is 5.17 Å². The Bertz CT molecular complexity index is 935. The maximum Gasteiger partial charge on any atom is 0.238 e. The van der Waals surface area contributed by atoms with Crippen molar-refractivity contribution in [3.8, 4) is 5.75 Å². The zero-order valence-electron chi connectivity index (χ0n) is 15.1. The van der Waals surface area contributed by atoms with Gasteiger partial charge in [0.1, 0.15) is 11.0 Å². The SMILES string of the molecule is COc1ccc(N=C2SC(C(=O)Nc3ccc(Cl)cc3)CC(=O)N2C)cc1Cl. The number of hydrogen-bond donors (Lipinski definition) is 1. The summed E-state index contributed by atoms with van der Waals surface area (Å²) in [6.45, 7) is 0. The standard InChI is InChI=1S/C19H17Cl2N3O3S/c1-24-17(25)10-16(18(26)22-12-5-3-11(20)4-6-12)28-19(24)23-13-7-8-15(27-2)14(21)9-13/h3-9,16H,10H2,1-2H3,(H,22,26). The van der Waals surface area contributed by atoms with Crippen molar-refractivity contribution in [2.45, 2.75) is 11.7 Å². The Morgan fingerprint density at radius 2 is 1.96 bits per heavy atom. The van der Waals surface area contributed by atoms with Gasteiger partial charge >= 0.3 is 0 Å². The molecule has 2 aromatic rings. The van der Waals surface area contributed by atoms with Gasteiger partial charge in [-0.15, -0.1) is 0 Å². The molecule has 6 nitrogen and oxygen atoms in total. The molecule has 1 aliphatic heterocycles. The van der Waals surface area contributed by atoms with E-state index in [0.29, 0.717) is 32.3 Å². The van der Waals surface area contributed by atoms with Crippen molar-refractivity contribution < 1.29 is 14.3 Å². The van der Waals surface area contributed by atoms with Gasteiger partial charge in [0.25, 0.3) is 0 Å². The summed E-state index contributed by atoms with van der Waals surface area (Å²) in [7, 11) is 3.16. The van der Waals surface area contributed by atoms with Crippen LogP contribution in [0.15, 0.2) is 47.5 Å². The van der Waals surface area contributed by atoms with E-state index in [0.717, 1.165) is 0 Å². The summed E-state index contributed by atoms with van der Waals surface area (Å²) >= 11 is 13.2. The molecule has 0 aromatic heterocycles. The van der Waals surface area contributed by atoms with Crippen LogP contribution in [0.1, 0.15) is 6.42 Å². The van der Waals surface area contributed by atoms with E-state index in [2.05, 4.69) is 10.3 Å². The molecule has 0 bridgehead atoms. The molecule has 28 heavy (non-hydrogen) atoms. The Kier molecular flexibility index (Phi) is 6.49. The quantitative estimate of drug-likeness (QED) is 0.758. The van der Waals surface area contributed by atoms with Crippen LogP contribution < -0.4 is 10.1 Å². The van der Waals surface area contributed by atoms with Crippen molar-refractivity contribution in [2.24, 2.45) is 4.99 Å². The lowest BCUT2D eigenvalue weighted by atomic mass is 10.2. The van der Waals surface area contributed by atoms with E-state index >= 15 is 0 Å². The molecule has 1 aliphatic rings. The highest BCUT2D eigenvalue weighted by molar-refractivity contribution is 8.15. The number of carbonyl (C=O) groups excluding carboxylic acids is 2. The average Bonchev–Trinajstić information content (AvgIpc) is 2.67. The fourth-order valence-corrected chi connectivity index (χ4v) is 3.93. The lowest BCUT2D eigenvalue weighted by molar-refractivity contribution is -0.128. The zero-order chi connectivity index (χ0) is 20.3. The summed E-state index contributed by atoms with van der Waals surface area (Å²) in [4.78, 5) is 30.9. The number of thioether (sulfide) groups is 1. The molecule has 2 aromatic carbocycles. The smallest absolute Gasteiger partial charge is 0.238 e. The zero-order valence-corrected chi connectivity index (χ0v) is 17.4. The highest BCUT2D eigenvalue weighted by atomic mass is 35.5. The maximum absolute atomic E-state index is 12.6. The number of hydrogen-bond acceptors (Lipinski definition) is 5. The number of anilines is 1. The number of halogens is 2. The summed E-state index contributed by atoms with van der Waals surface area (Å²) in [5.74, 6) is 0.0779. The van der Waals surface area contributed by atoms with Crippen LogP contribution in [-0.2, 0) is 9.59 Å². The van der Waals surface area contributed by atoms with Gasteiger partial charge in [0, 0.05) is 24.2 Å². The van der Waals surface area contributed by atoms with Crippen LogP contribution in [0.5, 0.6) is 5.75 Å². The third-order valence-electron chi connectivity index (χ3n) is 4.03. The van der Waals surface area contributed by atoms with Crippen molar-refractivity contribution >= 4 is 63.3 Å². The maximum atomic E-state index is 12.6. The van der Waals surface area contributed by atoms with Crippen LogP contribution in [0.4, 0.5) is 11.4 Å². The Balaban J connectivity index is 1.78. The molecule has 1 heterocycles. The second-order valence-corrected chi connectivity index (χ2v) is 7.99. The molecule has 0 spiro atoms. The van der Waals surface area contributed by atoms with E-state index in [1.54, 1.807) is 49.5 Å². The number of amidine groups is 1. The molecule has 0 radical (unpaired) electrons. The molecule has 1 fully saturated rings. The van der Waals surface area contributed by atoms with Gasteiger partial charge in [0.2, 0.25) is 11.8 Å². The van der Waals surface area contributed by atoms with Gasteiger partial charge in [-0.25, -0.2) is 4.99 Å². The van der Waals surface area contributed by atoms with Crippen molar-refractivity contribution in [1.29, 1.82) is 0 Å². The summed E-state index contributed by atoms with van der Waals surface area (Å²) in [5, 5.41) is 3.63. The minimum atomic E-state index is -0.591. The molecule has 1 N–H and O–H groups in total. The first-order valence-electron chi connectivity index (χ1n) is 8.29. The molecule has 1 atom stereocenters. The minimum absolute atomic E-state index is 0.0863. The molecule has 146 valence electrons. The van der Waals surface area contributed by atoms with Crippen LogP contribution in [0.25, 0.3) is 0 Å². The van der Waals surface area contributed by atoms with Crippen LogP contribution >= 0.6 is 35.0 Å². The first kappa shape index (κ1) is 20.5. The van der Waals surface area contributed by atoms with E-state index in [9.17, 15) is 9.59 Å². The average molecular weight is 438 g/mol. The molecule has 1 saturated heterocycles. The molecule has 3 rings (SSSR count). The molecule has 0 aliphatic carbocycles. The molecular formula is C19H17Cl2N3O3S. The van der Waals surface area contributed by atoms with Crippen LogP contribution in [0.2, 0.25) is 10.0 Å². The lowest BCUT2D eigenvalue weighted by Crippen LogP contribution is -2.43. The van der Waals surface area contributed by atoms with Gasteiger partial charge in [0.05, 0.1) is 17.8 Å². The third kappa shape index (κ3) is 4.79. The largest absolute Gasteiger partial charge is 0.495 e. The molecular weight excluding hydrogens is 421 g/mol. The van der Waals surface area contributed by atoms with Crippen LogP contribution in [-0.4, -0.2) is 41.3 Å². The van der Waals surface area contributed by atoms with E-state index in [1.807, 2.05) is 0 Å². The number of carbonyl (C=O) groups is 2. The van der Waals surface area contributed by atoms with Crippen LogP contribution in [0.3, 0.4) is 0 Å². The number of ether oxygens (including phenoxy) is 1. The first-order valence-corrected chi connectivity index (χ1v) is 9.93. The second kappa shape index (κ2) is 8.86. The Morgan fingerprint density at radius 1 is 1.25 bits per heavy atom. The Labute approximate surface area is 176 Å².